The van der Waals surface area contributed by atoms with Gasteiger partial charge in [-0.25, -0.2) is 0 Å². The lowest BCUT2D eigenvalue weighted by Crippen LogP contribution is -2.41. The summed E-state index contributed by atoms with van der Waals surface area (Å²) in [6.45, 7) is 7.47. The van der Waals surface area contributed by atoms with E-state index in [1.165, 1.54) is 32.1 Å². The van der Waals surface area contributed by atoms with E-state index in [9.17, 15) is 0 Å². The second-order valence-corrected chi connectivity index (χ2v) is 3.93. The van der Waals surface area contributed by atoms with Gasteiger partial charge in [-0.1, -0.05) is 33.1 Å². The maximum Gasteiger partial charge on any atom is 0.0192 e. The van der Waals surface area contributed by atoms with Gasteiger partial charge >= 0.3 is 0 Å². The number of hydrogen-bond donors (Lipinski definition) is 2. The fourth-order valence-corrected chi connectivity index (χ4v) is 1.64. The predicted octanol–water partition coefficient (Wildman–Crippen LogP) is 2.28. The molecule has 0 spiro atoms. The van der Waals surface area contributed by atoms with Crippen LogP contribution in [-0.4, -0.2) is 18.6 Å². The van der Waals surface area contributed by atoms with E-state index in [0.29, 0.717) is 12.1 Å². The lowest BCUT2D eigenvalue weighted by molar-refractivity contribution is 0.402. The monoisotopic (exact) mass is 186 g/mol. The van der Waals surface area contributed by atoms with Crippen molar-refractivity contribution >= 4 is 0 Å². The smallest absolute Gasteiger partial charge is 0.0192 e. The average Bonchev–Trinajstić information content (AvgIpc) is 2.12. The third-order valence-corrected chi connectivity index (χ3v) is 2.43. The van der Waals surface area contributed by atoms with Crippen LogP contribution < -0.4 is 11.1 Å². The molecule has 0 saturated carbocycles. The first-order valence-corrected chi connectivity index (χ1v) is 5.70. The lowest BCUT2D eigenvalue weighted by Gasteiger charge is -2.21. The molecule has 80 valence electrons. The summed E-state index contributed by atoms with van der Waals surface area (Å²) in [5.74, 6) is 0. The molecule has 0 rings (SSSR count). The largest absolute Gasteiger partial charge is 0.329 e. The molecule has 0 heterocycles. The molecule has 0 aliphatic carbocycles. The van der Waals surface area contributed by atoms with Crippen molar-refractivity contribution in [1.29, 1.82) is 0 Å². The Hall–Kier alpha value is -0.0800. The van der Waals surface area contributed by atoms with Crippen LogP contribution in [0.4, 0.5) is 0 Å². The third kappa shape index (κ3) is 7.03. The van der Waals surface area contributed by atoms with E-state index < -0.39 is 0 Å². The van der Waals surface area contributed by atoms with Crippen LogP contribution in [0.2, 0.25) is 0 Å². The summed E-state index contributed by atoms with van der Waals surface area (Å²) in [5.41, 5.74) is 5.70. The fraction of sp³-hybridized carbons (Fsp3) is 1.00. The minimum absolute atomic E-state index is 0.529. The van der Waals surface area contributed by atoms with Crippen molar-refractivity contribution in [1.82, 2.24) is 5.32 Å². The van der Waals surface area contributed by atoms with Crippen LogP contribution in [0.1, 0.15) is 52.9 Å². The number of nitrogens with two attached hydrogens (primary N) is 1. The Kier molecular flexibility index (Phi) is 8.46. The topological polar surface area (TPSA) is 38.0 Å². The normalized spacial score (nSPS) is 15.7. The average molecular weight is 186 g/mol. The van der Waals surface area contributed by atoms with Crippen LogP contribution in [0.5, 0.6) is 0 Å². The summed E-state index contributed by atoms with van der Waals surface area (Å²) in [4.78, 5) is 0. The maximum absolute atomic E-state index is 5.70. The quantitative estimate of drug-likeness (QED) is 0.610. The molecule has 0 fully saturated rings. The Morgan fingerprint density at radius 2 is 1.85 bits per heavy atom. The second kappa shape index (κ2) is 8.52. The standard InChI is InChI=1S/C11H26N2/c1-4-6-8-11(9-12)13-10(3)7-5-2/h10-11,13H,4-9,12H2,1-3H3. The van der Waals surface area contributed by atoms with Gasteiger partial charge in [0.1, 0.15) is 0 Å². The number of rotatable bonds is 8. The minimum atomic E-state index is 0.529. The van der Waals surface area contributed by atoms with Gasteiger partial charge in [-0.15, -0.1) is 0 Å². The molecule has 0 amide bonds. The molecule has 13 heavy (non-hydrogen) atoms. The van der Waals surface area contributed by atoms with Gasteiger partial charge in [-0.2, -0.15) is 0 Å². The molecule has 0 aliphatic heterocycles. The van der Waals surface area contributed by atoms with Crippen molar-refractivity contribution in [2.24, 2.45) is 5.73 Å². The number of nitrogens with one attached hydrogen (secondary N) is 1. The van der Waals surface area contributed by atoms with Crippen molar-refractivity contribution in [3.8, 4) is 0 Å². The van der Waals surface area contributed by atoms with Crippen molar-refractivity contribution in [3.63, 3.8) is 0 Å². The zero-order valence-corrected chi connectivity index (χ0v) is 9.47. The number of unbranched alkanes of at least 4 members (excludes halogenated alkanes) is 1. The van der Waals surface area contributed by atoms with Crippen molar-refractivity contribution < 1.29 is 0 Å². The summed E-state index contributed by atoms with van der Waals surface area (Å²) < 4.78 is 0. The fourth-order valence-electron chi connectivity index (χ4n) is 1.64. The van der Waals surface area contributed by atoms with E-state index in [0.717, 1.165) is 6.54 Å². The van der Waals surface area contributed by atoms with Crippen molar-refractivity contribution in [2.45, 2.75) is 65.0 Å². The molecule has 0 aromatic rings. The van der Waals surface area contributed by atoms with Gasteiger partial charge < -0.3 is 11.1 Å². The Morgan fingerprint density at radius 1 is 1.15 bits per heavy atom. The van der Waals surface area contributed by atoms with Gasteiger partial charge in [0.2, 0.25) is 0 Å². The predicted molar refractivity (Wildman–Crippen MR) is 59.9 cm³/mol. The summed E-state index contributed by atoms with van der Waals surface area (Å²) in [6, 6.07) is 1.15. The van der Waals surface area contributed by atoms with E-state index >= 15 is 0 Å². The molecule has 0 aromatic heterocycles. The highest BCUT2D eigenvalue weighted by atomic mass is 15.0. The SMILES string of the molecule is CCCCC(CN)NC(C)CCC. The maximum atomic E-state index is 5.70. The van der Waals surface area contributed by atoms with Crippen LogP contribution in [0.3, 0.4) is 0 Å². The van der Waals surface area contributed by atoms with Gasteiger partial charge in [-0.3, -0.25) is 0 Å². The van der Waals surface area contributed by atoms with E-state index in [-0.39, 0.29) is 0 Å². The minimum Gasteiger partial charge on any atom is -0.329 e. The summed E-state index contributed by atoms with van der Waals surface area (Å²) in [5, 5.41) is 3.58. The van der Waals surface area contributed by atoms with E-state index in [1.807, 2.05) is 0 Å². The van der Waals surface area contributed by atoms with Crippen LogP contribution >= 0.6 is 0 Å². The van der Waals surface area contributed by atoms with Crippen LogP contribution in [0.25, 0.3) is 0 Å². The summed E-state index contributed by atoms with van der Waals surface area (Å²) in [6.07, 6.45) is 6.27. The Labute approximate surface area is 83.3 Å². The van der Waals surface area contributed by atoms with Crippen molar-refractivity contribution in [3.05, 3.63) is 0 Å². The first-order valence-electron chi connectivity index (χ1n) is 5.70. The van der Waals surface area contributed by atoms with Gasteiger partial charge in [0.25, 0.3) is 0 Å². The molecule has 2 atom stereocenters. The molecular weight excluding hydrogens is 160 g/mol. The zero-order chi connectivity index (χ0) is 10.1. The van der Waals surface area contributed by atoms with Gasteiger partial charge in [0.15, 0.2) is 0 Å². The second-order valence-electron chi connectivity index (χ2n) is 3.93. The van der Waals surface area contributed by atoms with E-state index in [2.05, 4.69) is 26.1 Å². The third-order valence-electron chi connectivity index (χ3n) is 2.43. The van der Waals surface area contributed by atoms with E-state index in [4.69, 9.17) is 5.73 Å². The first kappa shape index (κ1) is 12.9. The molecule has 0 radical (unpaired) electrons. The van der Waals surface area contributed by atoms with Crippen LogP contribution in [0.15, 0.2) is 0 Å². The van der Waals surface area contributed by atoms with E-state index in [1.54, 1.807) is 0 Å². The molecule has 2 unspecified atom stereocenters. The Balaban J connectivity index is 3.56. The number of hydrogen-bond acceptors (Lipinski definition) is 2. The Bertz CT molecular complexity index is 104. The summed E-state index contributed by atoms with van der Waals surface area (Å²) >= 11 is 0. The van der Waals surface area contributed by atoms with Gasteiger partial charge in [0, 0.05) is 18.6 Å². The molecule has 0 aromatic carbocycles. The van der Waals surface area contributed by atoms with Crippen LogP contribution in [0, 0.1) is 0 Å². The van der Waals surface area contributed by atoms with Crippen molar-refractivity contribution in [2.75, 3.05) is 6.54 Å². The Morgan fingerprint density at radius 3 is 2.31 bits per heavy atom. The van der Waals surface area contributed by atoms with Gasteiger partial charge in [-0.05, 0) is 19.8 Å². The zero-order valence-electron chi connectivity index (χ0n) is 9.47. The highest BCUT2D eigenvalue weighted by Gasteiger charge is 2.08. The van der Waals surface area contributed by atoms with Crippen LogP contribution in [-0.2, 0) is 0 Å². The molecule has 0 aliphatic rings. The molecule has 2 heteroatoms. The van der Waals surface area contributed by atoms with Gasteiger partial charge in [0.05, 0.1) is 0 Å². The molecular formula is C11H26N2. The molecule has 0 saturated heterocycles. The summed E-state index contributed by atoms with van der Waals surface area (Å²) in [7, 11) is 0. The molecule has 0 bridgehead atoms. The first-order chi connectivity index (χ1) is 6.24. The highest BCUT2D eigenvalue weighted by molar-refractivity contribution is 4.71. The lowest BCUT2D eigenvalue weighted by atomic mass is 10.1. The highest BCUT2D eigenvalue weighted by Crippen LogP contribution is 2.02. The molecule has 3 N–H and O–H groups in total. The molecule has 2 nitrogen and oxygen atoms in total.